The van der Waals surface area contributed by atoms with Crippen molar-refractivity contribution >= 4 is 23.4 Å². The Labute approximate surface area is 171 Å². The highest BCUT2D eigenvalue weighted by Crippen LogP contribution is 2.45. The first kappa shape index (κ1) is 18.3. The summed E-state index contributed by atoms with van der Waals surface area (Å²) in [4.78, 5) is 23.9. The number of carbonyl (C=O) groups is 1. The van der Waals surface area contributed by atoms with E-state index in [1.807, 2.05) is 18.5 Å². The quantitative estimate of drug-likeness (QED) is 0.869. The van der Waals surface area contributed by atoms with E-state index in [0.29, 0.717) is 11.7 Å². The van der Waals surface area contributed by atoms with Gasteiger partial charge in [-0.2, -0.15) is 0 Å². The molecule has 1 fully saturated rings. The van der Waals surface area contributed by atoms with Crippen LogP contribution in [0.4, 0.5) is 5.82 Å². The van der Waals surface area contributed by atoms with Gasteiger partial charge in [0.25, 0.3) is 0 Å². The lowest BCUT2D eigenvalue weighted by Crippen LogP contribution is -2.36. The molecule has 5 rings (SSSR count). The normalized spacial score (nSPS) is 21.4. The van der Waals surface area contributed by atoms with Gasteiger partial charge >= 0.3 is 0 Å². The van der Waals surface area contributed by atoms with Crippen LogP contribution in [-0.2, 0) is 11.2 Å². The van der Waals surface area contributed by atoms with Gasteiger partial charge in [0.15, 0.2) is 0 Å². The average molecular weight is 386 g/mol. The van der Waals surface area contributed by atoms with Crippen LogP contribution in [0.15, 0.2) is 42.2 Å². The highest BCUT2D eigenvalue weighted by atomic mass is 16.1. The van der Waals surface area contributed by atoms with E-state index in [-0.39, 0.29) is 11.8 Å². The number of piperidine rings is 1. The molecule has 1 saturated heterocycles. The Morgan fingerprint density at radius 1 is 1.21 bits per heavy atom. The van der Waals surface area contributed by atoms with Crippen LogP contribution in [-0.4, -0.2) is 40.9 Å². The maximum atomic E-state index is 12.6. The number of pyridine rings is 2. The van der Waals surface area contributed by atoms with Gasteiger partial charge in [-0.15, -0.1) is 0 Å². The maximum Gasteiger partial charge on any atom is 0.228 e. The standard InChI is InChI=1S/C24H26N4O/c1-15-20(13-17-7-10-25-14-21(15)17)18-3-5-22-19(18)4-6-23(26-22)27-24(29)16-8-11-28(2)12-9-16/h3-4,6-7,10,13-16H,5,8-9,11-12H2,1-2H3,(H,26,27,29). The number of nitrogens with zero attached hydrogens (tertiary/aromatic N) is 3. The third-order valence-electron chi connectivity index (χ3n) is 6.55. The summed E-state index contributed by atoms with van der Waals surface area (Å²) in [6.45, 7) is 4.20. The first-order valence-electron chi connectivity index (χ1n) is 10.5. The lowest BCUT2D eigenvalue weighted by molar-refractivity contribution is -0.121. The molecule has 1 aliphatic heterocycles. The minimum Gasteiger partial charge on any atom is -0.310 e. The van der Waals surface area contributed by atoms with Gasteiger partial charge in [-0.05, 0) is 73.5 Å². The minimum atomic E-state index is 0.0894. The van der Waals surface area contributed by atoms with E-state index in [1.54, 1.807) is 0 Å². The molecule has 2 aromatic rings. The lowest BCUT2D eigenvalue weighted by atomic mass is 9.91. The van der Waals surface area contributed by atoms with E-state index < -0.39 is 0 Å². The minimum absolute atomic E-state index is 0.0894. The van der Waals surface area contributed by atoms with Crippen LogP contribution in [0.2, 0.25) is 0 Å². The van der Waals surface area contributed by atoms with Crippen LogP contribution in [0.1, 0.15) is 48.1 Å². The Kier molecular flexibility index (Phi) is 4.55. The zero-order valence-corrected chi connectivity index (χ0v) is 17.0. The molecule has 1 N–H and O–H groups in total. The molecule has 2 aliphatic carbocycles. The van der Waals surface area contributed by atoms with Gasteiger partial charge in [0.1, 0.15) is 5.82 Å². The maximum absolute atomic E-state index is 12.6. The fourth-order valence-electron chi connectivity index (χ4n) is 4.73. The van der Waals surface area contributed by atoms with Gasteiger partial charge in [0.2, 0.25) is 5.91 Å². The van der Waals surface area contributed by atoms with E-state index in [9.17, 15) is 4.79 Å². The van der Waals surface area contributed by atoms with Crippen molar-refractivity contribution in [1.82, 2.24) is 14.9 Å². The van der Waals surface area contributed by atoms with Crippen LogP contribution in [0.25, 0.3) is 11.6 Å². The number of carbonyl (C=O) groups excluding carboxylic acids is 1. The van der Waals surface area contributed by atoms with E-state index in [0.717, 1.165) is 38.0 Å². The Morgan fingerprint density at radius 2 is 2.03 bits per heavy atom. The smallest absolute Gasteiger partial charge is 0.228 e. The highest BCUT2D eigenvalue weighted by molar-refractivity contribution is 5.94. The van der Waals surface area contributed by atoms with E-state index in [1.165, 1.54) is 27.8 Å². The predicted molar refractivity (Wildman–Crippen MR) is 115 cm³/mol. The third kappa shape index (κ3) is 3.29. The summed E-state index contributed by atoms with van der Waals surface area (Å²) in [5.74, 6) is 1.20. The molecule has 0 spiro atoms. The molecule has 3 aliphatic rings. The van der Waals surface area contributed by atoms with Crippen LogP contribution in [0.3, 0.4) is 0 Å². The third-order valence-corrected chi connectivity index (χ3v) is 6.55. The van der Waals surface area contributed by atoms with Gasteiger partial charge < -0.3 is 10.2 Å². The van der Waals surface area contributed by atoms with Crippen molar-refractivity contribution in [2.45, 2.75) is 32.1 Å². The number of amides is 1. The number of aromatic nitrogens is 2. The van der Waals surface area contributed by atoms with Gasteiger partial charge in [-0.25, -0.2) is 4.98 Å². The molecular formula is C24H26N4O. The topological polar surface area (TPSA) is 58.1 Å². The number of anilines is 1. The van der Waals surface area contributed by atoms with Crippen molar-refractivity contribution in [1.29, 1.82) is 0 Å². The van der Waals surface area contributed by atoms with Gasteiger partial charge in [0, 0.05) is 36.2 Å². The Bertz CT molecular complexity index is 1030. The number of allylic oxidation sites excluding steroid dienone is 3. The fourth-order valence-corrected chi connectivity index (χ4v) is 4.73. The number of hydrogen-bond donors (Lipinski definition) is 1. The average Bonchev–Trinajstić information content (AvgIpc) is 3.29. The second-order valence-electron chi connectivity index (χ2n) is 8.41. The molecule has 3 heterocycles. The summed E-state index contributed by atoms with van der Waals surface area (Å²) in [5, 5.41) is 3.05. The summed E-state index contributed by atoms with van der Waals surface area (Å²) in [7, 11) is 2.11. The highest BCUT2D eigenvalue weighted by Gasteiger charge is 2.28. The number of nitrogens with one attached hydrogen (secondary N) is 1. The molecule has 0 bridgehead atoms. The summed E-state index contributed by atoms with van der Waals surface area (Å²) in [6.07, 6.45) is 11.0. The Morgan fingerprint density at radius 3 is 2.83 bits per heavy atom. The second kappa shape index (κ2) is 7.23. The largest absolute Gasteiger partial charge is 0.310 e. The SMILES string of the molecule is CC1C(C2=CCc3nc(NC(=O)C4CCN(C)CC4)ccc32)=Cc2ccncc21. The van der Waals surface area contributed by atoms with Crippen molar-refractivity contribution in [3.63, 3.8) is 0 Å². The zero-order valence-electron chi connectivity index (χ0n) is 17.0. The van der Waals surface area contributed by atoms with E-state index in [2.05, 4.69) is 53.5 Å². The van der Waals surface area contributed by atoms with Crippen molar-refractivity contribution < 1.29 is 4.79 Å². The molecule has 1 unspecified atom stereocenters. The predicted octanol–water partition coefficient (Wildman–Crippen LogP) is 3.90. The number of hydrogen-bond acceptors (Lipinski definition) is 4. The summed E-state index contributed by atoms with van der Waals surface area (Å²) in [6, 6.07) is 6.13. The van der Waals surface area contributed by atoms with Crippen molar-refractivity contribution in [2.24, 2.45) is 5.92 Å². The van der Waals surface area contributed by atoms with Crippen LogP contribution in [0, 0.1) is 5.92 Å². The van der Waals surface area contributed by atoms with Crippen LogP contribution >= 0.6 is 0 Å². The molecular weight excluding hydrogens is 360 g/mol. The number of fused-ring (bicyclic) bond motifs is 2. The fraction of sp³-hybridized carbons (Fsp3) is 0.375. The van der Waals surface area contributed by atoms with Gasteiger partial charge in [-0.3, -0.25) is 9.78 Å². The molecule has 148 valence electrons. The van der Waals surface area contributed by atoms with Crippen molar-refractivity contribution in [3.05, 3.63) is 64.6 Å². The van der Waals surface area contributed by atoms with E-state index >= 15 is 0 Å². The molecule has 5 heteroatoms. The molecule has 1 atom stereocenters. The monoisotopic (exact) mass is 386 g/mol. The number of rotatable bonds is 3. The summed E-state index contributed by atoms with van der Waals surface area (Å²) >= 11 is 0. The first-order chi connectivity index (χ1) is 14.1. The van der Waals surface area contributed by atoms with Crippen LogP contribution in [0.5, 0.6) is 0 Å². The van der Waals surface area contributed by atoms with E-state index in [4.69, 9.17) is 4.98 Å². The molecule has 2 aromatic heterocycles. The molecule has 0 radical (unpaired) electrons. The molecule has 0 aromatic carbocycles. The second-order valence-corrected chi connectivity index (χ2v) is 8.41. The molecule has 5 nitrogen and oxygen atoms in total. The lowest BCUT2D eigenvalue weighted by Gasteiger charge is -2.27. The molecule has 1 amide bonds. The van der Waals surface area contributed by atoms with Gasteiger partial charge in [-0.1, -0.05) is 19.1 Å². The van der Waals surface area contributed by atoms with Crippen molar-refractivity contribution in [2.75, 3.05) is 25.5 Å². The number of likely N-dealkylation sites (tertiary alicyclic amines) is 1. The molecule has 0 saturated carbocycles. The Hall–Kier alpha value is -2.79. The summed E-state index contributed by atoms with van der Waals surface area (Å²) in [5.41, 5.74) is 7.37. The van der Waals surface area contributed by atoms with Crippen molar-refractivity contribution in [3.8, 4) is 0 Å². The Balaban J connectivity index is 1.32. The van der Waals surface area contributed by atoms with Crippen LogP contribution < -0.4 is 5.32 Å². The first-order valence-corrected chi connectivity index (χ1v) is 10.5. The van der Waals surface area contributed by atoms with Gasteiger partial charge in [0.05, 0.1) is 5.69 Å². The molecule has 29 heavy (non-hydrogen) atoms. The summed E-state index contributed by atoms with van der Waals surface area (Å²) < 4.78 is 0. The zero-order chi connectivity index (χ0) is 20.0.